The van der Waals surface area contributed by atoms with E-state index in [2.05, 4.69) is 0 Å². The molecule has 6 heteroatoms. The molecular formula is C8H18NO4P. The van der Waals surface area contributed by atoms with Crippen LogP contribution < -0.4 is 0 Å². The van der Waals surface area contributed by atoms with Crippen LogP contribution in [0.1, 0.15) is 26.2 Å². The Labute approximate surface area is 85.0 Å². The quantitative estimate of drug-likeness (QED) is 0.465. The molecule has 5 nitrogen and oxygen atoms in total. The van der Waals surface area contributed by atoms with E-state index in [-0.39, 0.29) is 0 Å². The van der Waals surface area contributed by atoms with Crippen molar-refractivity contribution in [1.29, 1.82) is 0 Å². The molecule has 0 saturated heterocycles. The summed E-state index contributed by atoms with van der Waals surface area (Å²) in [6, 6.07) is -1.01. The number of carboxylic acid groups (broad SMARTS) is 1. The number of nitrogens with zero attached hydrogens (tertiary/aromatic N) is 1. The molecule has 0 spiro atoms. The van der Waals surface area contributed by atoms with Crippen LogP contribution in [0.5, 0.6) is 0 Å². The Bertz CT molecular complexity index is 188. The maximum absolute atomic E-state index is 10.8. The van der Waals surface area contributed by atoms with Crippen molar-refractivity contribution in [1.82, 2.24) is 4.67 Å². The molecule has 14 heavy (non-hydrogen) atoms. The fraction of sp³-hybridized carbons (Fsp3) is 0.875. The van der Waals surface area contributed by atoms with E-state index in [4.69, 9.17) is 10.2 Å². The van der Waals surface area contributed by atoms with Crippen LogP contribution in [-0.4, -0.2) is 40.0 Å². The van der Waals surface area contributed by atoms with Gasteiger partial charge in [-0.1, -0.05) is 19.8 Å². The molecule has 84 valence electrons. The third-order valence-electron chi connectivity index (χ3n) is 2.01. The molecule has 0 saturated carbocycles. The van der Waals surface area contributed by atoms with Gasteiger partial charge < -0.3 is 14.8 Å². The molecule has 0 bridgehead atoms. The van der Waals surface area contributed by atoms with Gasteiger partial charge in [-0.05, 0) is 6.42 Å². The zero-order valence-electron chi connectivity index (χ0n) is 8.35. The first-order valence-electron chi connectivity index (χ1n) is 4.72. The van der Waals surface area contributed by atoms with Crippen molar-refractivity contribution < 1.29 is 19.6 Å². The summed E-state index contributed by atoms with van der Waals surface area (Å²) in [6.07, 6.45) is 2.82. The molecule has 2 atom stereocenters. The van der Waals surface area contributed by atoms with Crippen molar-refractivity contribution in [3.05, 3.63) is 0 Å². The lowest BCUT2D eigenvalue weighted by atomic mass is 10.2. The number of unbranched alkanes of at least 4 members (excludes halogenated alkanes) is 2. The molecule has 0 heterocycles. The second kappa shape index (κ2) is 7.97. The predicted molar refractivity (Wildman–Crippen MR) is 55.1 cm³/mol. The van der Waals surface area contributed by atoms with Gasteiger partial charge in [-0.2, -0.15) is 0 Å². The Morgan fingerprint density at radius 2 is 2.14 bits per heavy atom. The second-order valence-corrected chi connectivity index (χ2v) is 3.96. The largest absolute Gasteiger partial charge is 0.480 e. The average molecular weight is 223 g/mol. The van der Waals surface area contributed by atoms with Crippen LogP contribution in [0.3, 0.4) is 0 Å². The van der Waals surface area contributed by atoms with E-state index in [9.17, 15) is 9.36 Å². The Balaban J connectivity index is 4.08. The van der Waals surface area contributed by atoms with Crippen molar-refractivity contribution in [2.45, 2.75) is 32.2 Å². The topological polar surface area (TPSA) is 77.8 Å². The molecule has 0 aliphatic rings. The van der Waals surface area contributed by atoms with Crippen LogP contribution in [0.2, 0.25) is 0 Å². The van der Waals surface area contributed by atoms with Gasteiger partial charge in [-0.3, -0.25) is 4.79 Å². The van der Waals surface area contributed by atoms with E-state index in [0.717, 1.165) is 19.3 Å². The summed E-state index contributed by atoms with van der Waals surface area (Å²) in [6.45, 7) is 2.02. The van der Waals surface area contributed by atoms with Crippen LogP contribution in [0.4, 0.5) is 0 Å². The van der Waals surface area contributed by atoms with E-state index in [0.29, 0.717) is 6.54 Å². The second-order valence-electron chi connectivity index (χ2n) is 3.09. The number of carbonyl (C=O) groups is 1. The number of hydrogen-bond acceptors (Lipinski definition) is 3. The first kappa shape index (κ1) is 13.6. The Morgan fingerprint density at radius 1 is 1.50 bits per heavy atom. The first-order valence-corrected chi connectivity index (χ1v) is 5.70. The minimum atomic E-state index is -1.29. The number of aliphatic carboxylic acids is 1. The van der Waals surface area contributed by atoms with Gasteiger partial charge in [-0.25, -0.2) is 4.67 Å². The van der Waals surface area contributed by atoms with Crippen molar-refractivity contribution in [2.75, 3.05) is 13.2 Å². The highest BCUT2D eigenvalue weighted by molar-refractivity contribution is 7.20. The van der Waals surface area contributed by atoms with E-state index < -0.39 is 27.2 Å². The lowest BCUT2D eigenvalue weighted by Crippen LogP contribution is -2.38. The van der Waals surface area contributed by atoms with Crippen LogP contribution >= 0.6 is 8.61 Å². The van der Waals surface area contributed by atoms with Crippen LogP contribution in [0.15, 0.2) is 0 Å². The van der Waals surface area contributed by atoms with E-state index in [1.807, 2.05) is 6.92 Å². The van der Waals surface area contributed by atoms with E-state index in [1.165, 1.54) is 4.67 Å². The highest BCUT2D eigenvalue weighted by atomic mass is 31.1. The third kappa shape index (κ3) is 4.74. The minimum Gasteiger partial charge on any atom is -0.480 e. The molecule has 2 unspecified atom stereocenters. The van der Waals surface area contributed by atoms with Gasteiger partial charge in [0, 0.05) is 6.54 Å². The zero-order valence-corrected chi connectivity index (χ0v) is 9.50. The zero-order chi connectivity index (χ0) is 11.0. The van der Waals surface area contributed by atoms with Crippen molar-refractivity contribution in [2.24, 2.45) is 0 Å². The summed E-state index contributed by atoms with van der Waals surface area (Å²) in [5.74, 6) is -1.12. The SMILES string of the molecule is CCCCCN([PH2]=O)C(CO)C(=O)O. The summed E-state index contributed by atoms with van der Waals surface area (Å²) in [5, 5.41) is 17.5. The van der Waals surface area contributed by atoms with Crippen molar-refractivity contribution >= 4 is 14.6 Å². The summed E-state index contributed by atoms with van der Waals surface area (Å²) in [5.41, 5.74) is 0. The molecule has 0 aromatic heterocycles. The van der Waals surface area contributed by atoms with Gasteiger partial charge in [0.1, 0.15) is 14.7 Å². The summed E-state index contributed by atoms with van der Waals surface area (Å²) >= 11 is 0. The number of carboxylic acids is 1. The maximum atomic E-state index is 10.8. The van der Waals surface area contributed by atoms with E-state index >= 15 is 0 Å². The van der Waals surface area contributed by atoms with Crippen LogP contribution in [0, 0.1) is 0 Å². The van der Waals surface area contributed by atoms with Crippen molar-refractivity contribution in [3.63, 3.8) is 0 Å². The summed E-state index contributed by atoms with van der Waals surface area (Å²) < 4.78 is 12.1. The molecule has 0 aliphatic heterocycles. The lowest BCUT2D eigenvalue weighted by molar-refractivity contribution is -0.142. The van der Waals surface area contributed by atoms with Gasteiger partial charge in [0.2, 0.25) is 0 Å². The van der Waals surface area contributed by atoms with Crippen molar-refractivity contribution in [3.8, 4) is 0 Å². The van der Waals surface area contributed by atoms with Gasteiger partial charge in [0.25, 0.3) is 0 Å². The fourth-order valence-electron chi connectivity index (χ4n) is 1.15. The lowest BCUT2D eigenvalue weighted by Gasteiger charge is -2.21. The molecule has 0 radical (unpaired) electrons. The van der Waals surface area contributed by atoms with Crippen LogP contribution in [0.25, 0.3) is 0 Å². The Hall–Kier alpha value is -0.380. The normalized spacial score (nSPS) is 13.9. The summed E-state index contributed by atoms with van der Waals surface area (Å²) in [7, 11) is -1.29. The number of aliphatic hydroxyl groups is 1. The number of rotatable bonds is 8. The molecule has 0 aliphatic carbocycles. The smallest absolute Gasteiger partial charge is 0.323 e. The summed E-state index contributed by atoms with van der Waals surface area (Å²) in [4.78, 5) is 10.6. The van der Waals surface area contributed by atoms with E-state index in [1.54, 1.807) is 0 Å². The van der Waals surface area contributed by atoms with Gasteiger partial charge in [-0.15, -0.1) is 0 Å². The molecule has 0 rings (SSSR count). The third-order valence-corrected chi connectivity index (χ3v) is 2.90. The molecule has 0 fully saturated rings. The Kier molecular flexibility index (Phi) is 7.76. The number of aliphatic hydroxyl groups excluding tert-OH is 1. The minimum absolute atomic E-state index is 0.476. The Morgan fingerprint density at radius 3 is 2.50 bits per heavy atom. The first-order chi connectivity index (χ1) is 6.67. The van der Waals surface area contributed by atoms with Gasteiger partial charge in [0.15, 0.2) is 0 Å². The van der Waals surface area contributed by atoms with Gasteiger partial charge >= 0.3 is 5.97 Å². The molecule has 0 aromatic carbocycles. The maximum Gasteiger partial charge on any atom is 0.323 e. The molecule has 0 aromatic rings. The van der Waals surface area contributed by atoms with Gasteiger partial charge in [0.05, 0.1) is 6.61 Å². The molecule has 2 N–H and O–H groups in total. The fourth-order valence-corrected chi connectivity index (χ4v) is 1.81. The average Bonchev–Trinajstić information content (AvgIpc) is 2.16. The monoisotopic (exact) mass is 223 g/mol. The molecular weight excluding hydrogens is 205 g/mol. The molecule has 0 amide bonds. The number of hydrogen-bond donors (Lipinski definition) is 2. The highest BCUT2D eigenvalue weighted by Gasteiger charge is 2.22. The standard InChI is InChI=1S/C8H18NO4P/c1-2-3-4-5-9(14-13)7(6-10)8(11)12/h7,10H,2-6,14H2,1H3,(H,11,12). The van der Waals surface area contributed by atoms with Crippen LogP contribution in [-0.2, 0) is 9.36 Å². The highest BCUT2D eigenvalue weighted by Crippen LogP contribution is 2.13. The predicted octanol–water partition coefficient (Wildman–Crippen LogP) is 0.595.